The standard InChI is InChI=1S/C20H25FN2/c1-19(2,3)14-11-15(23-18(21)12-14)13-22-17-10-8-7-9-16(17)20(4,5)6/h7-13H,1-6H3/b22-13+. The van der Waals surface area contributed by atoms with Crippen LogP contribution in [0.4, 0.5) is 10.1 Å². The molecular formula is C20H25FN2. The monoisotopic (exact) mass is 312 g/mol. The van der Waals surface area contributed by atoms with E-state index in [9.17, 15) is 4.39 Å². The SMILES string of the molecule is CC(C)(C)c1cc(F)nc(/C=N/c2ccccc2C(C)(C)C)c1. The minimum atomic E-state index is -0.469. The van der Waals surface area contributed by atoms with Gasteiger partial charge in [-0.1, -0.05) is 59.7 Å². The topological polar surface area (TPSA) is 25.2 Å². The number of benzene rings is 1. The van der Waals surface area contributed by atoms with Gasteiger partial charge in [0.15, 0.2) is 0 Å². The van der Waals surface area contributed by atoms with Gasteiger partial charge in [0.1, 0.15) is 0 Å². The smallest absolute Gasteiger partial charge is 0.213 e. The second kappa shape index (κ2) is 6.23. The Hall–Kier alpha value is -2.03. The summed E-state index contributed by atoms with van der Waals surface area (Å²) in [7, 11) is 0. The summed E-state index contributed by atoms with van der Waals surface area (Å²) in [6, 6.07) is 11.4. The van der Waals surface area contributed by atoms with Crippen molar-refractivity contribution in [2.24, 2.45) is 4.99 Å². The second-order valence-electron chi connectivity index (χ2n) is 7.88. The average Bonchev–Trinajstić information content (AvgIpc) is 2.43. The van der Waals surface area contributed by atoms with Gasteiger partial charge in [-0.3, -0.25) is 4.99 Å². The maximum Gasteiger partial charge on any atom is 0.213 e. The Balaban J connectivity index is 2.41. The van der Waals surface area contributed by atoms with Crippen molar-refractivity contribution in [2.45, 2.75) is 52.4 Å². The summed E-state index contributed by atoms with van der Waals surface area (Å²) < 4.78 is 13.8. The highest BCUT2D eigenvalue weighted by molar-refractivity contribution is 5.80. The molecule has 0 N–H and O–H groups in total. The van der Waals surface area contributed by atoms with E-state index in [1.165, 1.54) is 6.07 Å². The number of nitrogens with zero attached hydrogens (tertiary/aromatic N) is 2. The van der Waals surface area contributed by atoms with Crippen molar-refractivity contribution in [1.29, 1.82) is 0 Å². The number of aromatic nitrogens is 1. The van der Waals surface area contributed by atoms with E-state index in [1.807, 2.05) is 24.3 Å². The normalized spacial score (nSPS) is 12.8. The van der Waals surface area contributed by atoms with Crippen molar-refractivity contribution in [3.63, 3.8) is 0 Å². The molecule has 2 nitrogen and oxygen atoms in total. The fourth-order valence-electron chi connectivity index (χ4n) is 2.37. The average molecular weight is 312 g/mol. The fourth-order valence-corrected chi connectivity index (χ4v) is 2.37. The van der Waals surface area contributed by atoms with Gasteiger partial charge in [0.2, 0.25) is 5.95 Å². The summed E-state index contributed by atoms with van der Waals surface area (Å²) in [4.78, 5) is 8.49. The zero-order valence-corrected chi connectivity index (χ0v) is 14.8. The van der Waals surface area contributed by atoms with E-state index in [-0.39, 0.29) is 10.8 Å². The van der Waals surface area contributed by atoms with Crippen LogP contribution in [0.3, 0.4) is 0 Å². The number of halogens is 1. The second-order valence-corrected chi connectivity index (χ2v) is 7.88. The van der Waals surface area contributed by atoms with Crippen LogP contribution in [0.25, 0.3) is 0 Å². The highest BCUT2D eigenvalue weighted by Crippen LogP contribution is 2.31. The highest BCUT2D eigenvalue weighted by Gasteiger charge is 2.18. The van der Waals surface area contributed by atoms with E-state index in [0.717, 1.165) is 16.8 Å². The Morgan fingerprint density at radius 3 is 2.22 bits per heavy atom. The number of rotatable bonds is 2. The maximum atomic E-state index is 13.8. The lowest BCUT2D eigenvalue weighted by Crippen LogP contribution is -2.13. The minimum Gasteiger partial charge on any atom is -0.254 e. The number of aliphatic imine (C=N–C) groups is 1. The molecule has 3 heteroatoms. The van der Waals surface area contributed by atoms with Crippen LogP contribution in [0.1, 0.15) is 58.4 Å². The zero-order chi connectivity index (χ0) is 17.3. The number of hydrogen-bond donors (Lipinski definition) is 0. The summed E-state index contributed by atoms with van der Waals surface area (Å²) in [5.74, 6) is -0.469. The molecule has 0 aliphatic heterocycles. The molecule has 0 unspecified atom stereocenters. The molecule has 0 amide bonds. The predicted molar refractivity (Wildman–Crippen MR) is 95.3 cm³/mol. The molecular weight excluding hydrogens is 287 g/mol. The molecule has 2 rings (SSSR count). The summed E-state index contributed by atoms with van der Waals surface area (Å²) in [6.45, 7) is 12.6. The molecule has 122 valence electrons. The summed E-state index contributed by atoms with van der Waals surface area (Å²) >= 11 is 0. The Morgan fingerprint density at radius 1 is 0.957 bits per heavy atom. The molecule has 23 heavy (non-hydrogen) atoms. The molecule has 0 bridgehead atoms. The molecule has 0 atom stereocenters. The Kier molecular flexibility index (Phi) is 4.69. The van der Waals surface area contributed by atoms with Crippen LogP contribution >= 0.6 is 0 Å². The summed E-state index contributed by atoms with van der Waals surface area (Å²) in [5.41, 5.74) is 3.37. The third kappa shape index (κ3) is 4.47. The molecule has 0 aliphatic rings. The first kappa shape index (κ1) is 17.3. The van der Waals surface area contributed by atoms with Crippen LogP contribution in [-0.2, 0) is 10.8 Å². The van der Waals surface area contributed by atoms with Gasteiger partial charge in [0.05, 0.1) is 17.6 Å². The predicted octanol–water partition coefficient (Wildman–Crippen LogP) is 5.57. The minimum absolute atomic E-state index is 0.000129. The van der Waals surface area contributed by atoms with Crippen molar-refractivity contribution < 1.29 is 4.39 Å². The lowest BCUT2D eigenvalue weighted by molar-refractivity contribution is 0.551. The quantitative estimate of drug-likeness (QED) is 0.526. The van der Waals surface area contributed by atoms with Gasteiger partial charge < -0.3 is 0 Å². The van der Waals surface area contributed by atoms with E-state index in [4.69, 9.17) is 0 Å². The maximum absolute atomic E-state index is 13.8. The van der Waals surface area contributed by atoms with Gasteiger partial charge in [-0.2, -0.15) is 4.39 Å². The van der Waals surface area contributed by atoms with Crippen LogP contribution in [0.2, 0.25) is 0 Å². The molecule has 2 aromatic rings. The third-order valence-electron chi connectivity index (χ3n) is 3.73. The van der Waals surface area contributed by atoms with E-state index in [1.54, 1.807) is 6.21 Å². The molecule has 0 spiro atoms. The van der Waals surface area contributed by atoms with Gasteiger partial charge in [-0.25, -0.2) is 4.98 Å². The Labute approximate surface area is 138 Å². The molecule has 0 aliphatic carbocycles. The van der Waals surface area contributed by atoms with E-state index in [2.05, 4.69) is 57.6 Å². The van der Waals surface area contributed by atoms with E-state index < -0.39 is 5.95 Å². The van der Waals surface area contributed by atoms with Crippen LogP contribution in [-0.4, -0.2) is 11.2 Å². The van der Waals surface area contributed by atoms with E-state index >= 15 is 0 Å². The number of pyridine rings is 1. The van der Waals surface area contributed by atoms with Crippen LogP contribution in [0, 0.1) is 5.95 Å². The molecule has 1 heterocycles. The summed E-state index contributed by atoms with van der Waals surface area (Å²) in [6.07, 6.45) is 1.64. The Morgan fingerprint density at radius 2 is 1.61 bits per heavy atom. The van der Waals surface area contributed by atoms with Gasteiger partial charge in [-0.15, -0.1) is 0 Å². The van der Waals surface area contributed by atoms with Gasteiger partial charge in [0.25, 0.3) is 0 Å². The first-order valence-electron chi connectivity index (χ1n) is 7.89. The third-order valence-corrected chi connectivity index (χ3v) is 3.73. The van der Waals surface area contributed by atoms with Crippen molar-refractivity contribution in [3.8, 4) is 0 Å². The van der Waals surface area contributed by atoms with Gasteiger partial charge >= 0.3 is 0 Å². The fraction of sp³-hybridized carbons (Fsp3) is 0.400. The molecule has 0 radical (unpaired) electrons. The first-order chi connectivity index (χ1) is 10.6. The molecule has 0 saturated heterocycles. The molecule has 0 saturated carbocycles. The lowest BCUT2D eigenvalue weighted by Gasteiger charge is -2.21. The number of hydrogen-bond acceptors (Lipinski definition) is 2. The van der Waals surface area contributed by atoms with Crippen molar-refractivity contribution in [3.05, 3.63) is 59.2 Å². The van der Waals surface area contributed by atoms with Crippen LogP contribution in [0.5, 0.6) is 0 Å². The van der Waals surface area contributed by atoms with Crippen LogP contribution in [0.15, 0.2) is 41.4 Å². The van der Waals surface area contributed by atoms with Gasteiger partial charge in [0, 0.05) is 0 Å². The highest BCUT2D eigenvalue weighted by atomic mass is 19.1. The van der Waals surface area contributed by atoms with Crippen molar-refractivity contribution >= 4 is 11.9 Å². The largest absolute Gasteiger partial charge is 0.254 e. The number of para-hydroxylation sites is 1. The van der Waals surface area contributed by atoms with Crippen LogP contribution < -0.4 is 0 Å². The van der Waals surface area contributed by atoms with Gasteiger partial charge in [-0.05, 0) is 40.2 Å². The molecule has 0 fully saturated rings. The lowest BCUT2D eigenvalue weighted by atomic mass is 9.86. The molecule has 1 aromatic carbocycles. The zero-order valence-electron chi connectivity index (χ0n) is 14.8. The Bertz CT molecular complexity index is 719. The van der Waals surface area contributed by atoms with Crippen molar-refractivity contribution in [2.75, 3.05) is 0 Å². The molecule has 1 aromatic heterocycles. The van der Waals surface area contributed by atoms with Crippen molar-refractivity contribution in [1.82, 2.24) is 4.98 Å². The first-order valence-corrected chi connectivity index (χ1v) is 7.89. The summed E-state index contributed by atoms with van der Waals surface area (Å²) in [5, 5.41) is 0. The van der Waals surface area contributed by atoms with E-state index in [0.29, 0.717) is 5.69 Å².